The topological polar surface area (TPSA) is 69.0 Å². The van der Waals surface area contributed by atoms with Gasteiger partial charge in [0.25, 0.3) is 5.91 Å². The van der Waals surface area contributed by atoms with Crippen molar-refractivity contribution in [1.82, 2.24) is 4.98 Å². The molecule has 8 heteroatoms. The van der Waals surface area contributed by atoms with E-state index in [0.29, 0.717) is 16.9 Å². The van der Waals surface area contributed by atoms with E-state index >= 15 is 0 Å². The Morgan fingerprint density at radius 3 is 2.50 bits per heavy atom. The van der Waals surface area contributed by atoms with Crippen LogP contribution in [0.5, 0.6) is 0 Å². The van der Waals surface area contributed by atoms with Gasteiger partial charge in [0.15, 0.2) is 0 Å². The summed E-state index contributed by atoms with van der Waals surface area (Å²) in [5, 5.41) is 11.5. The normalized spacial score (nSPS) is 14.5. The molecule has 1 amide bonds. The zero-order valence-electron chi connectivity index (χ0n) is 15.3. The molecule has 2 heterocycles. The fourth-order valence-corrected chi connectivity index (χ4v) is 3.22. The molecule has 1 fully saturated rings. The highest BCUT2D eigenvalue weighted by Gasteiger charge is 2.32. The Bertz CT molecular complexity index is 928. The first-order valence-electron chi connectivity index (χ1n) is 8.95. The first-order valence-corrected chi connectivity index (χ1v) is 8.95. The van der Waals surface area contributed by atoms with Gasteiger partial charge in [0, 0.05) is 13.1 Å². The van der Waals surface area contributed by atoms with E-state index < -0.39 is 17.6 Å². The van der Waals surface area contributed by atoms with Gasteiger partial charge in [0.2, 0.25) is 0 Å². The summed E-state index contributed by atoms with van der Waals surface area (Å²) in [7, 11) is 0. The minimum Gasteiger partial charge on any atom is -0.370 e. The van der Waals surface area contributed by atoms with Crippen LogP contribution in [0, 0.1) is 18.3 Å². The van der Waals surface area contributed by atoms with Gasteiger partial charge in [-0.2, -0.15) is 18.4 Å². The minimum atomic E-state index is -4.51. The van der Waals surface area contributed by atoms with Crippen LogP contribution in [0.3, 0.4) is 0 Å². The van der Waals surface area contributed by atoms with Gasteiger partial charge in [-0.3, -0.25) is 4.79 Å². The number of halogens is 3. The summed E-state index contributed by atoms with van der Waals surface area (Å²) in [6.45, 7) is 3.05. The fraction of sp³-hybridized carbons (Fsp3) is 0.350. The van der Waals surface area contributed by atoms with Crippen LogP contribution >= 0.6 is 0 Å². The second-order valence-electron chi connectivity index (χ2n) is 6.67. The number of hydrogen-bond donors (Lipinski definition) is 1. The Balaban J connectivity index is 1.94. The molecule has 0 atom stereocenters. The molecule has 1 aromatic carbocycles. The lowest BCUT2D eigenvalue weighted by Crippen LogP contribution is -2.30. The van der Waals surface area contributed by atoms with Crippen molar-refractivity contribution in [2.45, 2.75) is 32.4 Å². The average molecular weight is 388 g/mol. The number of benzene rings is 1. The van der Waals surface area contributed by atoms with E-state index in [0.717, 1.165) is 44.5 Å². The molecule has 28 heavy (non-hydrogen) atoms. The van der Waals surface area contributed by atoms with Crippen molar-refractivity contribution in [2.75, 3.05) is 23.3 Å². The zero-order valence-corrected chi connectivity index (χ0v) is 15.3. The molecular weight excluding hydrogens is 369 g/mol. The lowest BCUT2D eigenvalue weighted by molar-refractivity contribution is -0.137. The van der Waals surface area contributed by atoms with Crippen LogP contribution in [0.4, 0.5) is 24.5 Å². The Kier molecular flexibility index (Phi) is 5.54. The second kappa shape index (κ2) is 7.89. The molecule has 1 saturated heterocycles. The van der Waals surface area contributed by atoms with Gasteiger partial charge in [0.05, 0.1) is 28.2 Å². The van der Waals surface area contributed by atoms with Crippen molar-refractivity contribution in [2.24, 2.45) is 0 Å². The maximum Gasteiger partial charge on any atom is 0.416 e. The van der Waals surface area contributed by atoms with Crippen LogP contribution in [0.15, 0.2) is 30.3 Å². The number of rotatable bonds is 3. The number of carbonyl (C=O) groups excluding carboxylic acids is 1. The molecule has 1 aliphatic rings. The molecule has 2 aromatic rings. The zero-order chi connectivity index (χ0) is 20.3. The van der Waals surface area contributed by atoms with Crippen molar-refractivity contribution < 1.29 is 18.0 Å². The van der Waals surface area contributed by atoms with Crippen molar-refractivity contribution in [3.63, 3.8) is 0 Å². The predicted molar refractivity (Wildman–Crippen MR) is 99.2 cm³/mol. The van der Waals surface area contributed by atoms with Gasteiger partial charge in [-0.05, 0) is 56.5 Å². The van der Waals surface area contributed by atoms with Gasteiger partial charge in [-0.1, -0.05) is 0 Å². The molecule has 0 radical (unpaired) electrons. The first-order chi connectivity index (χ1) is 13.3. The third-order valence-corrected chi connectivity index (χ3v) is 4.71. The molecule has 0 aliphatic carbocycles. The molecule has 1 aliphatic heterocycles. The van der Waals surface area contributed by atoms with Crippen LogP contribution < -0.4 is 10.2 Å². The van der Waals surface area contributed by atoms with E-state index in [1.54, 1.807) is 6.92 Å². The number of carbonyl (C=O) groups is 1. The number of nitriles is 1. The lowest BCUT2D eigenvalue weighted by atomic mass is 10.1. The maximum atomic E-state index is 13.2. The molecule has 0 saturated carbocycles. The molecule has 1 N–H and O–H groups in total. The minimum absolute atomic E-state index is 0.0403. The number of anilines is 2. The quantitative estimate of drug-likeness (QED) is 0.839. The highest BCUT2D eigenvalue weighted by Crippen LogP contribution is 2.36. The number of amides is 1. The second-order valence-corrected chi connectivity index (χ2v) is 6.67. The molecule has 3 rings (SSSR count). The van der Waals surface area contributed by atoms with Gasteiger partial charge in [0.1, 0.15) is 11.8 Å². The summed E-state index contributed by atoms with van der Waals surface area (Å²) in [6.07, 6.45) is -1.54. The Labute approximate surface area is 160 Å². The van der Waals surface area contributed by atoms with Gasteiger partial charge in [-0.15, -0.1) is 0 Å². The van der Waals surface area contributed by atoms with Gasteiger partial charge in [-0.25, -0.2) is 4.98 Å². The maximum absolute atomic E-state index is 13.2. The monoisotopic (exact) mass is 388 g/mol. The fourth-order valence-electron chi connectivity index (χ4n) is 3.22. The predicted octanol–water partition coefficient (Wildman–Crippen LogP) is 4.52. The van der Waals surface area contributed by atoms with E-state index in [1.807, 2.05) is 11.0 Å². The summed E-state index contributed by atoms with van der Waals surface area (Å²) in [6, 6.07) is 8.20. The summed E-state index contributed by atoms with van der Waals surface area (Å²) < 4.78 is 39.5. The Morgan fingerprint density at radius 2 is 1.89 bits per heavy atom. The largest absolute Gasteiger partial charge is 0.416 e. The highest BCUT2D eigenvalue weighted by atomic mass is 19.4. The Morgan fingerprint density at radius 1 is 1.18 bits per heavy atom. The number of nitrogens with one attached hydrogen (secondary N) is 1. The summed E-state index contributed by atoms with van der Waals surface area (Å²) in [5.41, 5.74) is 0.600. The SMILES string of the molecule is Cc1nc(C(=O)Nc2cc(C(F)(F)F)ccc2N2CCCCC2)ccc1C#N. The third-order valence-electron chi connectivity index (χ3n) is 4.71. The Hall–Kier alpha value is -3.08. The number of piperidine rings is 1. The van der Waals surface area contributed by atoms with Crippen LogP contribution in [-0.4, -0.2) is 24.0 Å². The van der Waals surface area contributed by atoms with E-state index in [2.05, 4.69) is 10.3 Å². The highest BCUT2D eigenvalue weighted by molar-refractivity contribution is 6.04. The van der Waals surface area contributed by atoms with E-state index in [1.165, 1.54) is 18.2 Å². The molecule has 0 spiro atoms. The number of hydrogen-bond acceptors (Lipinski definition) is 4. The van der Waals surface area contributed by atoms with Crippen molar-refractivity contribution in [3.8, 4) is 6.07 Å². The van der Waals surface area contributed by atoms with E-state index in [9.17, 15) is 18.0 Å². The lowest BCUT2D eigenvalue weighted by Gasteiger charge is -2.31. The van der Waals surface area contributed by atoms with Crippen molar-refractivity contribution >= 4 is 17.3 Å². The standard InChI is InChI=1S/C20H19F3N4O/c1-13-14(12-24)5-7-16(25-13)19(28)26-17-11-15(20(21,22)23)6-8-18(17)27-9-3-2-4-10-27/h5-8,11H,2-4,9-10H2,1H3,(H,26,28). The van der Waals surface area contributed by atoms with E-state index in [-0.39, 0.29) is 11.4 Å². The molecule has 0 bridgehead atoms. The molecular formula is C20H19F3N4O. The van der Waals surface area contributed by atoms with Gasteiger partial charge < -0.3 is 10.2 Å². The summed E-state index contributed by atoms with van der Waals surface area (Å²) >= 11 is 0. The molecule has 0 unspecified atom stereocenters. The summed E-state index contributed by atoms with van der Waals surface area (Å²) in [5.74, 6) is -0.620. The number of pyridine rings is 1. The van der Waals surface area contributed by atoms with Crippen LogP contribution in [0.2, 0.25) is 0 Å². The van der Waals surface area contributed by atoms with Crippen LogP contribution in [0.25, 0.3) is 0 Å². The first kappa shape index (κ1) is 19.7. The number of aromatic nitrogens is 1. The number of alkyl halides is 3. The smallest absolute Gasteiger partial charge is 0.370 e. The van der Waals surface area contributed by atoms with Crippen molar-refractivity contribution in [1.29, 1.82) is 5.26 Å². The molecule has 1 aromatic heterocycles. The number of aryl methyl sites for hydroxylation is 1. The van der Waals surface area contributed by atoms with Crippen molar-refractivity contribution in [3.05, 3.63) is 52.8 Å². The van der Waals surface area contributed by atoms with Crippen LogP contribution in [-0.2, 0) is 6.18 Å². The molecule has 146 valence electrons. The van der Waals surface area contributed by atoms with Gasteiger partial charge >= 0.3 is 6.18 Å². The number of nitrogens with zero attached hydrogens (tertiary/aromatic N) is 3. The third kappa shape index (κ3) is 4.25. The summed E-state index contributed by atoms with van der Waals surface area (Å²) in [4.78, 5) is 18.7. The van der Waals surface area contributed by atoms with Crippen LogP contribution in [0.1, 0.15) is 46.6 Å². The molecule has 5 nitrogen and oxygen atoms in total. The average Bonchev–Trinajstić information content (AvgIpc) is 2.67. The van der Waals surface area contributed by atoms with E-state index in [4.69, 9.17) is 5.26 Å².